The van der Waals surface area contributed by atoms with E-state index in [1.54, 1.807) is 4.90 Å². The van der Waals surface area contributed by atoms with Crippen LogP contribution in [0.4, 0.5) is 9.59 Å². The maximum absolute atomic E-state index is 13.2. The second kappa shape index (κ2) is 11.2. The minimum absolute atomic E-state index is 0.0178. The topological polar surface area (TPSA) is 97.8 Å². The fraction of sp³-hybridized carbons (Fsp3) is 0.949. The van der Waals surface area contributed by atoms with Gasteiger partial charge in [0.1, 0.15) is 12.2 Å². The number of likely N-dealkylation sites (tertiary alicyclic amines) is 1. The van der Waals surface area contributed by atoms with Gasteiger partial charge in [-0.3, -0.25) is 0 Å². The van der Waals surface area contributed by atoms with Crippen LogP contribution in [0.3, 0.4) is 0 Å². The van der Waals surface area contributed by atoms with Gasteiger partial charge in [0.2, 0.25) is 0 Å². The first-order chi connectivity index (χ1) is 22.7. The van der Waals surface area contributed by atoms with E-state index in [1.807, 2.05) is 4.90 Å². The van der Waals surface area contributed by atoms with Crippen molar-refractivity contribution in [3.05, 3.63) is 0 Å². The van der Waals surface area contributed by atoms with Crippen molar-refractivity contribution in [2.24, 2.45) is 56.7 Å². The number of hydrogen-bond acceptors (Lipinski definition) is 7. The van der Waals surface area contributed by atoms with Gasteiger partial charge in [0.15, 0.2) is 0 Å². The summed E-state index contributed by atoms with van der Waals surface area (Å²) in [5.74, 6) is 1.74. The van der Waals surface area contributed by atoms with Gasteiger partial charge in [-0.15, -0.1) is 0 Å². The Labute approximate surface area is 288 Å². The molecule has 2 amide bonds. The van der Waals surface area contributed by atoms with E-state index >= 15 is 0 Å². The molecular formula is C39H62N2O7. The molecule has 0 aromatic rings. The highest BCUT2D eigenvalue weighted by molar-refractivity contribution is 5.69. The fourth-order valence-corrected chi connectivity index (χ4v) is 14.0. The van der Waals surface area contributed by atoms with Crippen LogP contribution in [-0.2, 0) is 18.9 Å². The standard InChI is InChI=1S/C39H62N2O7/c1-23(2)30(48-34(44)40-15-8-16-40)25-21-24(3)29-31(46-25)32(42)37(7)27-10-9-26-35(4,5)28(47-33(43)41-17-19-45-20-18-41)11-12-38(26)22-39(27,38)14-13-36(29,37)6/h23-32,42H,8-22H2,1-7H3/t24-,25?,26+,27?,28+,29+,30-,31?,32+,36-,37-,38?,39+/m1/s1. The predicted molar refractivity (Wildman–Crippen MR) is 180 cm³/mol. The summed E-state index contributed by atoms with van der Waals surface area (Å²) >= 11 is 0. The summed E-state index contributed by atoms with van der Waals surface area (Å²) in [5, 5.41) is 12.6. The van der Waals surface area contributed by atoms with Crippen molar-refractivity contribution in [1.29, 1.82) is 0 Å². The zero-order valence-corrected chi connectivity index (χ0v) is 30.7. The first-order valence-corrected chi connectivity index (χ1v) is 19.5. The van der Waals surface area contributed by atoms with Crippen molar-refractivity contribution in [3.63, 3.8) is 0 Å². The van der Waals surface area contributed by atoms with Gasteiger partial charge in [-0.1, -0.05) is 48.5 Å². The third-order valence-corrected chi connectivity index (χ3v) is 16.7. The summed E-state index contributed by atoms with van der Waals surface area (Å²) in [4.78, 5) is 29.7. The number of fused-ring (bicyclic) bond motifs is 4. The van der Waals surface area contributed by atoms with Gasteiger partial charge in [0, 0.05) is 37.0 Å². The molecule has 1 N–H and O–H groups in total. The number of morpholine rings is 1. The van der Waals surface area contributed by atoms with E-state index in [4.69, 9.17) is 18.9 Å². The smallest absolute Gasteiger partial charge is 0.410 e. The Hall–Kier alpha value is -1.58. The highest BCUT2D eigenvalue weighted by Crippen LogP contribution is 2.89. The Morgan fingerprint density at radius 3 is 2.21 bits per heavy atom. The molecule has 270 valence electrons. The summed E-state index contributed by atoms with van der Waals surface area (Å²) < 4.78 is 25.0. The monoisotopic (exact) mass is 670 g/mol. The Balaban J connectivity index is 1.03. The van der Waals surface area contributed by atoms with Crippen LogP contribution < -0.4 is 0 Å². The quantitative estimate of drug-likeness (QED) is 0.365. The molecular weight excluding hydrogens is 608 g/mol. The number of carbonyl (C=O) groups excluding carboxylic acids is 2. The molecule has 9 nitrogen and oxygen atoms in total. The van der Waals surface area contributed by atoms with E-state index in [0.29, 0.717) is 44.1 Å². The third kappa shape index (κ3) is 4.37. The third-order valence-electron chi connectivity index (χ3n) is 16.7. The molecule has 0 radical (unpaired) electrons. The zero-order valence-electron chi connectivity index (χ0n) is 30.7. The molecule has 48 heavy (non-hydrogen) atoms. The first-order valence-electron chi connectivity index (χ1n) is 19.5. The van der Waals surface area contributed by atoms with Crippen molar-refractivity contribution >= 4 is 12.2 Å². The molecule has 8 fully saturated rings. The minimum Gasteiger partial charge on any atom is -0.446 e. The van der Waals surface area contributed by atoms with Crippen LogP contribution in [0.25, 0.3) is 0 Å². The van der Waals surface area contributed by atoms with Crippen LogP contribution in [-0.4, -0.2) is 97.0 Å². The van der Waals surface area contributed by atoms with Crippen LogP contribution in [0, 0.1) is 56.7 Å². The van der Waals surface area contributed by atoms with Gasteiger partial charge in [-0.2, -0.15) is 0 Å². The molecule has 0 bridgehead atoms. The second-order valence-electron chi connectivity index (χ2n) is 19.0. The van der Waals surface area contributed by atoms with E-state index in [-0.39, 0.29) is 75.5 Å². The normalized spacial score (nSPS) is 49.4. The van der Waals surface area contributed by atoms with Gasteiger partial charge in [-0.05, 0) is 104 Å². The average Bonchev–Trinajstić information content (AvgIpc) is 3.65. The van der Waals surface area contributed by atoms with Crippen LogP contribution >= 0.6 is 0 Å². The highest BCUT2D eigenvalue weighted by Gasteiger charge is 2.84. The summed E-state index contributed by atoms with van der Waals surface area (Å²) in [7, 11) is 0. The number of aliphatic hydroxyl groups excluding tert-OH is 1. The number of rotatable bonds is 4. The molecule has 5 aliphatic carbocycles. The summed E-state index contributed by atoms with van der Waals surface area (Å²) in [5.41, 5.74) is 0.148. The van der Waals surface area contributed by atoms with Gasteiger partial charge in [-0.25, -0.2) is 9.59 Å². The maximum atomic E-state index is 13.2. The van der Waals surface area contributed by atoms with Crippen molar-refractivity contribution in [2.45, 2.75) is 137 Å². The Bertz CT molecular complexity index is 1300. The average molecular weight is 671 g/mol. The van der Waals surface area contributed by atoms with Gasteiger partial charge >= 0.3 is 12.2 Å². The molecule has 2 spiro atoms. The van der Waals surface area contributed by atoms with Crippen molar-refractivity contribution in [2.75, 3.05) is 39.4 Å². The molecule has 0 aromatic carbocycles. The van der Waals surface area contributed by atoms with E-state index in [2.05, 4.69) is 48.5 Å². The Morgan fingerprint density at radius 2 is 1.54 bits per heavy atom. The lowest BCUT2D eigenvalue weighted by Crippen LogP contribution is -2.60. The number of ether oxygens (including phenoxy) is 4. The minimum atomic E-state index is -0.549. The largest absolute Gasteiger partial charge is 0.446 e. The van der Waals surface area contributed by atoms with Crippen molar-refractivity contribution in [3.8, 4) is 0 Å². The van der Waals surface area contributed by atoms with Crippen LogP contribution in [0.15, 0.2) is 0 Å². The molecule has 5 saturated carbocycles. The lowest BCUT2D eigenvalue weighted by atomic mass is 9.41. The Morgan fingerprint density at radius 1 is 0.875 bits per heavy atom. The van der Waals surface area contributed by atoms with E-state index in [9.17, 15) is 14.7 Å². The first kappa shape index (κ1) is 33.6. The number of nitrogens with zero attached hydrogens (tertiary/aromatic N) is 2. The van der Waals surface area contributed by atoms with Crippen LogP contribution in [0.5, 0.6) is 0 Å². The van der Waals surface area contributed by atoms with Crippen molar-refractivity contribution < 1.29 is 33.6 Å². The summed E-state index contributed by atoms with van der Waals surface area (Å²) in [6.45, 7) is 20.2. The molecule has 4 unspecified atom stereocenters. The lowest BCUT2D eigenvalue weighted by Gasteiger charge is -2.63. The summed E-state index contributed by atoms with van der Waals surface area (Å²) in [6.07, 6.45) is 7.98. The molecule has 8 aliphatic rings. The van der Waals surface area contributed by atoms with E-state index in [1.165, 1.54) is 12.8 Å². The SMILES string of the molecule is CC(C)[C@@H](OC(=O)N1CCC1)C1C[C@@H](C)[C@H]2C(O1)[C@H](O)[C@@]1(C)C3CC[C@H]4C(C)(C)[C@@H](OC(=O)N5CCOCC5)CCC45C[C@@]35CC[C@]21C. The van der Waals surface area contributed by atoms with E-state index < -0.39 is 6.10 Å². The molecule has 3 heterocycles. The predicted octanol–water partition coefficient (Wildman–Crippen LogP) is 6.50. The maximum Gasteiger partial charge on any atom is 0.410 e. The molecule has 3 aliphatic heterocycles. The lowest BCUT2D eigenvalue weighted by molar-refractivity contribution is -0.185. The van der Waals surface area contributed by atoms with Crippen molar-refractivity contribution in [1.82, 2.24) is 9.80 Å². The molecule has 13 atom stereocenters. The molecule has 3 saturated heterocycles. The van der Waals surface area contributed by atoms with Gasteiger partial charge < -0.3 is 33.9 Å². The molecule has 0 aromatic heterocycles. The second-order valence-corrected chi connectivity index (χ2v) is 19.0. The van der Waals surface area contributed by atoms with Gasteiger partial charge in [0.05, 0.1) is 31.5 Å². The van der Waals surface area contributed by atoms with E-state index in [0.717, 1.165) is 58.0 Å². The molecule has 8 rings (SSSR count). The molecule has 9 heteroatoms. The summed E-state index contributed by atoms with van der Waals surface area (Å²) in [6, 6.07) is 0. The number of amides is 2. The van der Waals surface area contributed by atoms with Gasteiger partial charge in [0.25, 0.3) is 0 Å². The number of aliphatic hydroxyl groups is 1. The zero-order chi connectivity index (χ0) is 34.0. The number of hydrogen-bond donors (Lipinski definition) is 1. The number of carbonyl (C=O) groups is 2. The van der Waals surface area contributed by atoms with Crippen LogP contribution in [0.1, 0.15) is 106 Å². The van der Waals surface area contributed by atoms with Crippen LogP contribution in [0.2, 0.25) is 0 Å². The highest BCUT2D eigenvalue weighted by atomic mass is 16.6. The Kier molecular flexibility index (Phi) is 7.84. The fourth-order valence-electron chi connectivity index (χ4n) is 14.0.